The van der Waals surface area contributed by atoms with Gasteiger partial charge in [-0.1, -0.05) is 25.2 Å². The van der Waals surface area contributed by atoms with Gasteiger partial charge in [0.05, 0.1) is 23.7 Å². The van der Waals surface area contributed by atoms with Crippen LogP contribution in [0.1, 0.15) is 44.4 Å². The Morgan fingerprint density at radius 2 is 1.95 bits per heavy atom. The van der Waals surface area contributed by atoms with Crippen LogP contribution in [-0.4, -0.2) is 58.0 Å². The highest BCUT2D eigenvalue weighted by Crippen LogP contribution is 2.66. The van der Waals surface area contributed by atoms with Gasteiger partial charge < -0.3 is 39.7 Å². The van der Waals surface area contributed by atoms with Crippen molar-refractivity contribution in [3.63, 3.8) is 0 Å². The van der Waals surface area contributed by atoms with Crippen molar-refractivity contribution >= 4 is 40.4 Å². The third kappa shape index (κ3) is 8.05. The van der Waals surface area contributed by atoms with Crippen LogP contribution in [0.4, 0.5) is 5.95 Å². The second-order valence-electron chi connectivity index (χ2n) is 7.82. The predicted molar refractivity (Wildman–Crippen MR) is 126 cm³/mol. The quantitative estimate of drug-likeness (QED) is 0.115. The van der Waals surface area contributed by atoms with E-state index in [1.807, 2.05) is 6.92 Å². The molecule has 1 aliphatic rings. The van der Waals surface area contributed by atoms with Crippen molar-refractivity contribution in [3.8, 4) is 11.8 Å². The lowest BCUT2D eigenvalue weighted by Gasteiger charge is -2.19. The van der Waals surface area contributed by atoms with E-state index in [0.29, 0.717) is 12.0 Å². The van der Waals surface area contributed by atoms with Crippen LogP contribution in [0, 0.1) is 11.8 Å². The maximum Gasteiger partial charge on any atom is 0.490 e. The number of nitrogens with zero attached hydrogens (tertiary/aromatic N) is 2. The maximum absolute atomic E-state index is 12.5. The second kappa shape index (κ2) is 11.5. The number of anilines is 1. The summed E-state index contributed by atoms with van der Waals surface area (Å²) in [6.45, 7) is 1.16. The summed E-state index contributed by atoms with van der Waals surface area (Å²) in [5.41, 5.74) is 5.60. The van der Waals surface area contributed by atoms with E-state index < -0.39 is 54.1 Å². The molecule has 206 valence electrons. The summed E-state index contributed by atoms with van der Waals surface area (Å²) in [5, 5.41) is 10.5. The Balaban J connectivity index is 1.78. The molecule has 1 aliphatic heterocycles. The average Bonchev–Trinajstić information content (AvgIpc) is 3.27. The Hall–Kier alpha value is -1.89. The van der Waals surface area contributed by atoms with Crippen molar-refractivity contribution in [2.45, 2.75) is 51.0 Å². The maximum atomic E-state index is 12.5. The highest BCUT2D eigenvalue weighted by molar-refractivity contribution is 7.66. The lowest BCUT2D eigenvalue weighted by atomic mass is 10.2. The van der Waals surface area contributed by atoms with Gasteiger partial charge in [-0.15, -0.1) is 0 Å². The Kier molecular flexibility index (Phi) is 9.19. The van der Waals surface area contributed by atoms with E-state index in [1.54, 1.807) is 0 Å². The highest BCUT2D eigenvalue weighted by Gasteiger charge is 2.43. The fraction of sp³-hybridized carbons (Fsp3) is 0.529. The molecule has 37 heavy (non-hydrogen) atoms. The molecule has 2 aromatic heterocycles. The number of phosphoric ester groups is 1. The van der Waals surface area contributed by atoms with Gasteiger partial charge in [0.15, 0.2) is 5.65 Å². The van der Waals surface area contributed by atoms with E-state index in [0.717, 1.165) is 12.8 Å². The first-order chi connectivity index (χ1) is 17.1. The Labute approximate surface area is 209 Å². The number of rotatable bonds is 10. The van der Waals surface area contributed by atoms with Crippen LogP contribution in [0.5, 0.6) is 0 Å². The van der Waals surface area contributed by atoms with E-state index >= 15 is 0 Å². The van der Waals surface area contributed by atoms with Gasteiger partial charge in [-0.2, -0.15) is 13.6 Å². The van der Waals surface area contributed by atoms with Gasteiger partial charge in [0, 0.05) is 19.0 Å². The topological polar surface area (TPSA) is 266 Å². The molecule has 0 amide bonds. The first kappa shape index (κ1) is 29.7. The van der Waals surface area contributed by atoms with Gasteiger partial charge >= 0.3 is 23.5 Å². The van der Waals surface area contributed by atoms with E-state index in [1.165, 1.54) is 10.8 Å². The molecule has 8 N–H and O–H groups in total. The Morgan fingerprint density at radius 1 is 1.24 bits per heavy atom. The molecular formula is C17H25N4O13P3. The number of hydrogen-bond acceptors (Lipinski definition) is 11. The lowest BCUT2D eigenvalue weighted by Crippen LogP contribution is -2.26. The summed E-state index contributed by atoms with van der Waals surface area (Å²) in [6.07, 6.45) is 0.294. The minimum Gasteiger partial charge on any atom is -0.390 e. The zero-order valence-corrected chi connectivity index (χ0v) is 21.8. The van der Waals surface area contributed by atoms with Crippen molar-refractivity contribution < 1.29 is 56.3 Å². The number of H-pyrrole nitrogens is 1. The number of nitrogens with two attached hydrogens (primary N) is 1. The first-order valence-corrected chi connectivity index (χ1v) is 15.1. The smallest absolute Gasteiger partial charge is 0.390 e. The molecule has 1 fully saturated rings. The zero-order chi connectivity index (χ0) is 27.6. The van der Waals surface area contributed by atoms with Crippen molar-refractivity contribution in [1.29, 1.82) is 0 Å². The molecule has 0 spiro atoms. The summed E-state index contributed by atoms with van der Waals surface area (Å²) < 4.78 is 53.0. The Bertz CT molecular complexity index is 1410. The van der Waals surface area contributed by atoms with Crippen molar-refractivity contribution in [2.24, 2.45) is 0 Å². The van der Waals surface area contributed by atoms with Gasteiger partial charge in [0.1, 0.15) is 12.3 Å². The number of ether oxygens (including phenoxy) is 1. The largest absolute Gasteiger partial charge is 0.490 e. The van der Waals surface area contributed by atoms with Crippen LogP contribution in [-0.2, 0) is 31.6 Å². The summed E-state index contributed by atoms with van der Waals surface area (Å²) in [7, 11) is -16.6. The molecule has 3 rings (SSSR count). The standard InChI is InChI=1S/C17H25N4O13P3/c1-2-3-4-5-6-10-8-21(15-14(10)16(23)20-17(18)19-15)13-7-11(22)12(32-13)9-31-36(27,28)34-37(29,30)33-35(24,25)26/h8,11-13,22H,2-4,7,9H2,1H3,(H,27,28)(H,29,30)(H2,24,25,26)(H3,18,19,20,23)/t11-,12+,13+/m0/s1. The summed E-state index contributed by atoms with van der Waals surface area (Å²) in [5.74, 6) is 5.70. The molecule has 1 saturated heterocycles. The van der Waals surface area contributed by atoms with E-state index in [4.69, 9.17) is 20.3 Å². The second-order valence-corrected chi connectivity index (χ2v) is 12.2. The van der Waals surface area contributed by atoms with Crippen molar-refractivity contribution in [3.05, 3.63) is 22.1 Å². The number of unbranched alkanes of at least 4 members (excludes halogenated alkanes) is 2. The normalized spacial score (nSPS) is 23.4. The van der Waals surface area contributed by atoms with E-state index in [9.17, 15) is 33.4 Å². The molecule has 2 aromatic rings. The van der Waals surface area contributed by atoms with Crippen molar-refractivity contribution in [1.82, 2.24) is 14.5 Å². The number of nitrogen functional groups attached to an aromatic ring is 1. The number of hydrogen-bond donors (Lipinski definition) is 7. The molecule has 0 aliphatic carbocycles. The zero-order valence-electron chi connectivity index (χ0n) is 19.2. The third-order valence-corrected chi connectivity index (χ3v) is 8.71. The van der Waals surface area contributed by atoms with Crippen LogP contribution in [0.3, 0.4) is 0 Å². The molecule has 2 unspecified atom stereocenters. The molecule has 3 heterocycles. The SMILES string of the molecule is CCCCC#Cc1cn([C@H]2C[C@H](O)[C@@H](COP(=O)(O)OP(=O)(O)OP(=O)(O)O)O2)c2nc(N)[nH]c(=O)c12. The minimum atomic E-state index is -5.69. The fourth-order valence-corrected chi connectivity index (χ4v) is 6.45. The van der Waals surface area contributed by atoms with Crippen LogP contribution in [0.2, 0.25) is 0 Å². The summed E-state index contributed by atoms with van der Waals surface area (Å²) in [6, 6.07) is 0. The number of aliphatic hydroxyl groups is 1. The number of aromatic amines is 1. The number of aliphatic hydroxyl groups excluding tert-OH is 1. The predicted octanol–water partition coefficient (Wildman–Crippen LogP) is 0.840. The van der Waals surface area contributed by atoms with Crippen molar-refractivity contribution in [2.75, 3.05) is 12.3 Å². The highest BCUT2D eigenvalue weighted by atomic mass is 31.3. The lowest BCUT2D eigenvalue weighted by molar-refractivity contribution is -0.0421. The first-order valence-electron chi connectivity index (χ1n) is 10.6. The van der Waals surface area contributed by atoms with Crippen LogP contribution >= 0.6 is 23.5 Å². The molecule has 0 radical (unpaired) electrons. The molecule has 5 atom stereocenters. The fourth-order valence-electron chi connectivity index (χ4n) is 3.42. The molecule has 20 heteroatoms. The molecule has 0 saturated carbocycles. The number of fused-ring (bicyclic) bond motifs is 1. The van der Waals surface area contributed by atoms with Gasteiger partial charge in [0.25, 0.3) is 5.56 Å². The minimum absolute atomic E-state index is 0.0920. The molecular weight excluding hydrogens is 561 g/mol. The summed E-state index contributed by atoms with van der Waals surface area (Å²) >= 11 is 0. The van der Waals surface area contributed by atoms with E-state index in [-0.39, 0.29) is 23.4 Å². The molecule has 0 aromatic carbocycles. The van der Waals surface area contributed by atoms with Crippen LogP contribution in [0.25, 0.3) is 11.0 Å². The van der Waals surface area contributed by atoms with Gasteiger partial charge in [0.2, 0.25) is 5.95 Å². The van der Waals surface area contributed by atoms with Crippen LogP contribution in [0.15, 0.2) is 11.0 Å². The number of nitrogens with one attached hydrogen (secondary N) is 1. The summed E-state index contributed by atoms with van der Waals surface area (Å²) in [4.78, 5) is 55.1. The Morgan fingerprint density at radius 3 is 2.59 bits per heavy atom. The number of phosphoric acid groups is 3. The molecule has 17 nitrogen and oxygen atoms in total. The van der Waals surface area contributed by atoms with Gasteiger partial charge in [-0.25, -0.2) is 13.7 Å². The van der Waals surface area contributed by atoms with E-state index in [2.05, 4.69) is 35.0 Å². The number of aromatic nitrogens is 3. The monoisotopic (exact) mass is 586 g/mol. The average molecular weight is 586 g/mol. The third-order valence-electron chi connectivity index (χ3n) is 4.91. The molecule has 0 bridgehead atoms. The van der Waals surface area contributed by atoms with Gasteiger partial charge in [-0.3, -0.25) is 14.3 Å². The van der Waals surface area contributed by atoms with Crippen LogP contribution < -0.4 is 11.3 Å². The van der Waals surface area contributed by atoms with Gasteiger partial charge in [-0.05, 0) is 6.42 Å².